The molecule has 0 spiro atoms. The van der Waals surface area contributed by atoms with Gasteiger partial charge in [-0.1, -0.05) is 0 Å². The van der Waals surface area contributed by atoms with Crippen molar-refractivity contribution in [3.05, 3.63) is 0 Å². The molecule has 0 unspecified atom stereocenters. The molecule has 0 aromatic rings. The molecule has 0 aromatic heterocycles. The first-order chi connectivity index (χ1) is 5.73. The molecule has 0 bridgehead atoms. The normalized spacial score (nSPS) is 11.9. The van der Waals surface area contributed by atoms with Crippen LogP contribution in [0.1, 0.15) is 27.7 Å². The number of hydrogen-bond acceptors (Lipinski definition) is 4. The van der Waals surface area contributed by atoms with Crippen molar-refractivity contribution in [2.45, 2.75) is 27.7 Å². The fourth-order valence-electron chi connectivity index (χ4n) is 0.383. The molecular weight excluding hydrogens is 287 g/mol. The molecule has 0 saturated heterocycles. The minimum absolute atomic E-state index is 0.318. The monoisotopic (exact) mass is 302 g/mol. The van der Waals surface area contributed by atoms with Crippen molar-refractivity contribution < 1.29 is 15.7 Å². The first-order valence-electron chi connectivity index (χ1n) is 3.75. The summed E-state index contributed by atoms with van der Waals surface area (Å²) in [6.07, 6.45) is 0. The Kier molecular flexibility index (Phi) is 4.66. The number of alkyl halides is 1. The summed E-state index contributed by atoms with van der Waals surface area (Å²) < 4.78 is 9.79. The molecule has 0 aliphatic rings. The summed E-state index contributed by atoms with van der Waals surface area (Å²) in [6.45, 7) is 6.58. The van der Waals surface area contributed by atoms with E-state index in [1.807, 2.05) is 0 Å². The standard InChI is InChI=1S/C8H15IO4/c1-6(10)12-9(5)13-7(11)8(2,3)4/h1-5H3. The molecule has 0 heterocycles. The molecule has 0 rings (SSSR count). The van der Waals surface area contributed by atoms with Crippen molar-refractivity contribution in [1.29, 1.82) is 0 Å². The number of carbonyl (C=O) groups excluding carboxylic acids is 2. The van der Waals surface area contributed by atoms with E-state index >= 15 is 0 Å². The molecule has 0 N–H and O–H groups in total. The van der Waals surface area contributed by atoms with Crippen molar-refractivity contribution in [2.75, 3.05) is 4.93 Å². The van der Waals surface area contributed by atoms with Gasteiger partial charge in [0.2, 0.25) is 0 Å². The van der Waals surface area contributed by atoms with Gasteiger partial charge in [0.15, 0.2) is 0 Å². The fourth-order valence-corrected chi connectivity index (χ4v) is 2.57. The van der Waals surface area contributed by atoms with Crippen molar-refractivity contribution in [3.63, 3.8) is 0 Å². The van der Waals surface area contributed by atoms with Crippen LogP contribution in [-0.4, -0.2) is 16.9 Å². The summed E-state index contributed by atoms with van der Waals surface area (Å²) in [5, 5.41) is 0. The van der Waals surface area contributed by atoms with Crippen molar-refractivity contribution in [3.8, 4) is 0 Å². The van der Waals surface area contributed by atoms with Crippen LogP contribution < -0.4 is 0 Å². The van der Waals surface area contributed by atoms with Gasteiger partial charge < -0.3 is 0 Å². The Balaban J connectivity index is 4.00. The van der Waals surface area contributed by atoms with Crippen LogP contribution in [0.2, 0.25) is 0 Å². The van der Waals surface area contributed by atoms with E-state index in [0.29, 0.717) is 0 Å². The third-order valence-electron chi connectivity index (χ3n) is 1.01. The Labute approximate surface area is 86.5 Å². The number of rotatable bonds is 2. The molecule has 0 atom stereocenters. The molecule has 4 nitrogen and oxygen atoms in total. The van der Waals surface area contributed by atoms with Gasteiger partial charge in [0.05, 0.1) is 0 Å². The zero-order chi connectivity index (χ0) is 10.6. The van der Waals surface area contributed by atoms with E-state index in [9.17, 15) is 9.59 Å². The van der Waals surface area contributed by atoms with Crippen molar-refractivity contribution >= 4 is 32.6 Å². The summed E-state index contributed by atoms with van der Waals surface area (Å²) in [5.74, 6) is -0.712. The van der Waals surface area contributed by atoms with Gasteiger partial charge in [-0.3, -0.25) is 0 Å². The van der Waals surface area contributed by atoms with E-state index < -0.39 is 32.0 Å². The van der Waals surface area contributed by atoms with E-state index in [1.165, 1.54) is 6.92 Å². The third-order valence-corrected chi connectivity index (χ3v) is 3.27. The van der Waals surface area contributed by atoms with Gasteiger partial charge in [0, 0.05) is 0 Å². The van der Waals surface area contributed by atoms with Gasteiger partial charge in [-0.2, -0.15) is 0 Å². The SMILES string of the molecule is CC(=O)OI(C)OC(=O)C(C)(C)C. The number of hydrogen-bond donors (Lipinski definition) is 0. The van der Waals surface area contributed by atoms with Crippen LogP contribution in [0.4, 0.5) is 0 Å². The van der Waals surface area contributed by atoms with Crippen LogP contribution >= 0.6 is 20.6 Å². The van der Waals surface area contributed by atoms with Crippen LogP contribution in [0, 0.1) is 5.41 Å². The van der Waals surface area contributed by atoms with E-state index in [-0.39, 0.29) is 5.97 Å². The van der Waals surface area contributed by atoms with E-state index in [4.69, 9.17) is 6.13 Å². The molecule has 0 saturated carbocycles. The zero-order valence-corrected chi connectivity index (χ0v) is 10.7. The maximum atomic E-state index is 11.3. The second-order valence-electron chi connectivity index (χ2n) is 3.55. The molecule has 78 valence electrons. The summed E-state index contributed by atoms with van der Waals surface area (Å²) in [7, 11) is 0. The van der Waals surface area contributed by atoms with Gasteiger partial charge >= 0.3 is 86.3 Å². The van der Waals surface area contributed by atoms with Crippen LogP contribution in [0.15, 0.2) is 0 Å². The second-order valence-corrected chi connectivity index (χ2v) is 6.56. The van der Waals surface area contributed by atoms with Gasteiger partial charge in [0.25, 0.3) is 0 Å². The summed E-state index contributed by atoms with van der Waals surface area (Å²) >= 11 is -2.28. The summed E-state index contributed by atoms with van der Waals surface area (Å²) in [4.78, 5) is 23.5. The Hall–Kier alpha value is -0.330. The Morgan fingerprint density at radius 2 is 1.62 bits per heavy atom. The van der Waals surface area contributed by atoms with Gasteiger partial charge in [-0.25, -0.2) is 0 Å². The van der Waals surface area contributed by atoms with E-state index in [1.54, 1.807) is 25.7 Å². The van der Waals surface area contributed by atoms with Crippen molar-refractivity contribution in [2.24, 2.45) is 5.41 Å². The Bertz CT molecular complexity index is 207. The molecule has 0 fully saturated rings. The molecule has 5 heteroatoms. The Morgan fingerprint density at radius 1 is 1.15 bits per heavy atom. The Morgan fingerprint density at radius 3 is 1.92 bits per heavy atom. The molecule has 0 radical (unpaired) electrons. The van der Waals surface area contributed by atoms with Gasteiger partial charge in [-0.15, -0.1) is 0 Å². The predicted octanol–water partition coefficient (Wildman–Crippen LogP) is 2.10. The van der Waals surface area contributed by atoms with Gasteiger partial charge in [-0.05, 0) is 0 Å². The maximum absolute atomic E-state index is 11.3. The zero-order valence-electron chi connectivity index (χ0n) is 8.51. The summed E-state index contributed by atoms with van der Waals surface area (Å²) in [5.41, 5.74) is -0.536. The number of carbonyl (C=O) groups is 2. The van der Waals surface area contributed by atoms with Crippen LogP contribution in [0.25, 0.3) is 0 Å². The average Bonchev–Trinajstić information content (AvgIpc) is 1.82. The molecule has 0 aromatic carbocycles. The first-order valence-corrected chi connectivity index (χ1v) is 7.67. The van der Waals surface area contributed by atoms with Crippen LogP contribution in [-0.2, 0) is 15.7 Å². The molecule has 0 aliphatic heterocycles. The predicted molar refractivity (Wildman–Crippen MR) is 57.3 cm³/mol. The minimum atomic E-state index is -2.28. The second kappa shape index (κ2) is 4.78. The van der Waals surface area contributed by atoms with E-state index in [2.05, 4.69) is 0 Å². The molecular formula is C8H15IO4. The summed E-state index contributed by atoms with van der Waals surface area (Å²) in [6, 6.07) is 0. The third kappa shape index (κ3) is 5.84. The molecule has 0 aliphatic carbocycles. The first kappa shape index (κ1) is 12.7. The average molecular weight is 302 g/mol. The molecule has 0 amide bonds. The number of halogens is 1. The van der Waals surface area contributed by atoms with Crippen LogP contribution in [0.5, 0.6) is 0 Å². The molecule has 13 heavy (non-hydrogen) atoms. The van der Waals surface area contributed by atoms with E-state index in [0.717, 1.165) is 0 Å². The van der Waals surface area contributed by atoms with Crippen molar-refractivity contribution in [1.82, 2.24) is 0 Å². The topological polar surface area (TPSA) is 52.6 Å². The van der Waals surface area contributed by atoms with Crippen LogP contribution in [0.3, 0.4) is 0 Å². The quantitative estimate of drug-likeness (QED) is 0.579. The van der Waals surface area contributed by atoms with Gasteiger partial charge in [0.1, 0.15) is 0 Å². The fraction of sp³-hybridized carbons (Fsp3) is 0.750.